The number of aryl methyl sites for hydroxylation is 2. The number of hydrogen-bond acceptors (Lipinski definition) is 3. The van der Waals surface area contributed by atoms with Gasteiger partial charge < -0.3 is 14.8 Å². The summed E-state index contributed by atoms with van der Waals surface area (Å²) < 4.78 is 5.34. The maximum absolute atomic E-state index is 12.1. The molecule has 4 heteroatoms. The molecule has 2 N–H and O–H groups in total. The molecule has 17 heavy (non-hydrogen) atoms. The molecule has 0 aliphatic heterocycles. The molecule has 0 saturated heterocycles. The summed E-state index contributed by atoms with van der Waals surface area (Å²) in [5, 5.41) is 12.4. The van der Waals surface area contributed by atoms with E-state index in [0.29, 0.717) is 11.3 Å². The van der Waals surface area contributed by atoms with Crippen LogP contribution in [0.25, 0.3) is 0 Å². The van der Waals surface area contributed by atoms with E-state index in [1.54, 1.807) is 13.0 Å². The number of amides is 1. The third-order valence-electron chi connectivity index (χ3n) is 3.53. The van der Waals surface area contributed by atoms with Gasteiger partial charge in [0.25, 0.3) is 5.91 Å². The minimum Gasteiger partial charge on any atom is -0.466 e. The molecule has 1 aromatic rings. The fourth-order valence-corrected chi connectivity index (χ4v) is 2.54. The first-order valence-electron chi connectivity index (χ1n) is 6.07. The second-order valence-corrected chi connectivity index (χ2v) is 4.93. The summed E-state index contributed by atoms with van der Waals surface area (Å²) in [4.78, 5) is 12.1. The Bertz CT molecular complexity index is 416. The summed E-state index contributed by atoms with van der Waals surface area (Å²) in [6, 6.07) is 1.74. The van der Waals surface area contributed by atoms with Crippen molar-refractivity contribution in [3.8, 4) is 0 Å². The van der Waals surface area contributed by atoms with Crippen LogP contribution in [-0.4, -0.2) is 23.2 Å². The zero-order valence-electron chi connectivity index (χ0n) is 10.4. The van der Waals surface area contributed by atoms with E-state index in [4.69, 9.17) is 4.42 Å². The van der Waals surface area contributed by atoms with Gasteiger partial charge in [-0.3, -0.25) is 4.79 Å². The summed E-state index contributed by atoms with van der Waals surface area (Å²) in [6.07, 6.45) is 3.82. The average Bonchev–Trinajstić information content (AvgIpc) is 2.86. The van der Waals surface area contributed by atoms with Gasteiger partial charge in [0.05, 0.1) is 17.7 Å². The molecule has 1 fully saturated rings. The molecule has 1 amide bonds. The van der Waals surface area contributed by atoms with Crippen molar-refractivity contribution in [2.45, 2.75) is 45.1 Å². The maximum atomic E-state index is 12.1. The average molecular weight is 237 g/mol. The molecular formula is C13H19NO3. The van der Waals surface area contributed by atoms with E-state index in [0.717, 1.165) is 31.4 Å². The van der Waals surface area contributed by atoms with Gasteiger partial charge >= 0.3 is 0 Å². The van der Waals surface area contributed by atoms with Crippen LogP contribution >= 0.6 is 0 Å². The maximum Gasteiger partial charge on any atom is 0.255 e. The third-order valence-corrected chi connectivity index (χ3v) is 3.53. The number of aliphatic hydroxyl groups excluding tert-OH is 1. The Morgan fingerprint density at radius 1 is 1.47 bits per heavy atom. The van der Waals surface area contributed by atoms with Crippen LogP contribution in [0, 0.1) is 13.8 Å². The first kappa shape index (κ1) is 12.2. The Kier molecular flexibility index (Phi) is 3.24. The second-order valence-electron chi connectivity index (χ2n) is 4.93. The minimum atomic E-state index is -0.422. The first-order chi connectivity index (χ1) is 8.06. The molecule has 0 unspecified atom stereocenters. The number of aliphatic hydroxyl groups is 1. The van der Waals surface area contributed by atoms with E-state index in [-0.39, 0.29) is 12.5 Å². The molecule has 0 atom stereocenters. The fraction of sp³-hybridized carbons (Fsp3) is 0.615. The van der Waals surface area contributed by atoms with E-state index >= 15 is 0 Å². The van der Waals surface area contributed by atoms with E-state index in [2.05, 4.69) is 5.32 Å². The van der Waals surface area contributed by atoms with Gasteiger partial charge in [0.15, 0.2) is 0 Å². The molecule has 4 nitrogen and oxygen atoms in total. The highest BCUT2D eigenvalue weighted by atomic mass is 16.3. The standard InChI is InChI=1S/C13H19NO3/c1-9-7-11(10(2)17-9)12(16)14-13(8-15)5-3-4-6-13/h7,15H,3-6,8H2,1-2H3,(H,14,16). The highest BCUT2D eigenvalue weighted by molar-refractivity contribution is 5.95. The normalized spacial score (nSPS) is 18.3. The zero-order chi connectivity index (χ0) is 12.5. The topological polar surface area (TPSA) is 62.5 Å². The van der Waals surface area contributed by atoms with Crippen LogP contribution in [0.15, 0.2) is 10.5 Å². The molecule has 1 aliphatic rings. The number of furan rings is 1. The summed E-state index contributed by atoms with van der Waals surface area (Å²) in [5.41, 5.74) is 0.150. The molecule has 1 heterocycles. The van der Waals surface area contributed by atoms with Crippen LogP contribution in [0.2, 0.25) is 0 Å². The predicted molar refractivity (Wildman–Crippen MR) is 63.9 cm³/mol. The van der Waals surface area contributed by atoms with Crippen molar-refractivity contribution in [2.75, 3.05) is 6.61 Å². The lowest BCUT2D eigenvalue weighted by atomic mass is 9.98. The van der Waals surface area contributed by atoms with Crippen LogP contribution in [0.3, 0.4) is 0 Å². The number of hydrogen-bond donors (Lipinski definition) is 2. The van der Waals surface area contributed by atoms with Gasteiger partial charge in [-0.05, 0) is 32.8 Å². The Morgan fingerprint density at radius 3 is 2.59 bits per heavy atom. The van der Waals surface area contributed by atoms with Crippen molar-refractivity contribution >= 4 is 5.91 Å². The van der Waals surface area contributed by atoms with Crippen LogP contribution in [0.1, 0.15) is 47.6 Å². The Hall–Kier alpha value is -1.29. The Morgan fingerprint density at radius 2 is 2.12 bits per heavy atom. The molecule has 1 saturated carbocycles. The molecule has 0 radical (unpaired) electrons. The Labute approximate surface area is 101 Å². The van der Waals surface area contributed by atoms with Gasteiger partial charge in [-0.15, -0.1) is 0 Å². The lowest BCUT2D eigenvalue weighted by Crippen LogP contribution is -2.49. The van der Waals surface area contributed by atoms with Crippen molar-refractivity contribution in [1.82, 2.24) is 5.32 Å². The summed E-state index contributed by atoms with van der Waals surface area (Å²) in [6.45, 7) is 3.61. The van der Waals surface area contributed by atoms with Crippen molar-refractivity contribution in [3.05, 3.63) is 23.2 Å². The summed E-state index contributed by atoms with van der Waals surface area (Å²) in [5.74, 6) is 1.22. The van der Waals surface area contributed by atoms with Crippen LogP contribution in [0.4, 0.5) is 0 Å². The highest BCUT2D eigenvalue weighted by Gasteiger charge is 2.35. The summed E-state index contributed by atoms with van der Waals surface area (Å²) in [7, 11) is 0. The van der Waals surface area contributed by atoms with Crippen LogP contribution in [-0.2, 0) is 0 Å². The van der Waals surface area contributed by atoms with E-state index < -0.39 is 5.54 Å². The predicted octanol–water partition coefficient (Wildman–Crippen LogP) is 1.93. The van der Waals surface area contributed by atoms with Gasteiger partial charge in [-0.2, -0.15) is 0 Å². The largest absolute Gasteiger partial charge is 0.466 e. The monoisotopic (exact) mass is 237 g/mol. The van der Waals surface area contributed by atoms with E-state index in [9.17, 15) is 9.90 Å². The van der Waals surface area contributed by atoms with Crippen molar-refractivity contribution in [1.29, 1.82) is 0 Å². The molecule has 94 valence electrons. The van der Waals surface area contributed by atoms with Crippen molar-refractivity contribution < 1.29 is 14.3 Å². The third kappa shape index (κ3) is 2.36. The Balaban J connectivity index is 2.13. The molecule has 0 bridgehead atoms. The molecular weight excluding hydrogens is 218 g/mol. The van der Waals surface area contributed by atoms with Crippen LogP contribution < -0.4 is 5.32 Å². The minimum absolute atomic E-state index is 0.00855. The lowest BCUT2D eigenvalue weighted by molar-refractivity contribution is 0.0837. The van der Waals surface area contributed by atoms with Crippen molar-refractivity contribution in [2.24, 2.45) is 0 Å². The van der Waals surface area contributed by atoms with Gasteiger partial charge in [-0.25, -0.2) is 0 Å². The molecule has 2 rings (SSSR count). The quantitative estimate of drug-likeness (QED) is 0.844. The highest BCUT2D eigenvalue weighted by Crippen LogP contribution is 2.29. The fourth-order valence-electron chi connectivity index (χ4n) is 2.54. The number of nitrogens with one attached hydrogen (secondary N) is 1. The molecule has 1 aliphatic carbocycles. The van der Waals surface area contributed by atoms with Gasteiger partial charge in [0, 0.05) is 0 Å². The summed E-state index contributed by atoms with van der Waals surface area (Å²) >= 11 is 0. The number of carbonyl (C=O) groups excluding carboxylic acids is 1. The van der Waals surface area contributed by atoms with Crippen LogP contribution in [0.5, 0.6) is 0 Å². The smallest absolute Gasteiger partial charge is 0.255 e. The SMILES string of the molecule is Cc1cc(C(=O)NC2(CO)CCCC2)c(C)o1. The van der Waals surface area contributed by atoms with E-state index in [1.165, 1.54) is 0 Å². The first-order valence-corrected chi connectivity index (χ1v) is 6.07. The van der Waals surface area contributed by atoms with Crippen molar-refractivity contribution in [3.63, 3.8) is 0 Å². The van der Waals surface area contributed by atoms with Gasteiger partial charge in [-0.1, -0.05) is 12.8 Å². The number of carbonyl (C=O) groups is 1. The molecule has 0 aromatic carbocycles. The van der Waals surface area contributed by atoms with E-state index in [1.807, 2.05) is 6.92 Å². The second kappa shape index (κ2) is 4.53. The lowest BCUT2D eigenvalue weighted by Gasteiger charge is -2.27. The molecule has 0 spiro atoms. The van der Waals surface area contributed by atoms with Gasteiger partial charge in [0.1, 0.15) is 11.5 Å². The van der Waals surface area contributed by atoms with Gasteiger partial charge in [0.2, 0.25) is 0 Å². The zero-order valence-corrected chi connectivity index (χ0v) is 10.4. The number of rotatable bonds is 3. The molecule has 1 aromatic heterocycles.